The fourth-order valence-corrected chi connectivity index (χ4v) is 2.14. The molecule has 0 amide bonds. The topological polar surface area (TPSA) is 47.3 Å². The van der Waals surface area contributed by atoms with Crippen molar-refractivity contribution < 1.29 is 9.84 Å². The van der Waals surface area contributed by atoms with Crippen molar-refractivity contribution in [2.45, 2.75) is 32.9 Å². The Morgan fingerprint density at radius 3 is 2.79 bits per heavy atom. The first-order valence-corrected chi connectivity index (χ1v) is 6.50. The molecule has 2 aromatic rings. The molecule has 2 rings (SSSR count). The second kappa shape index (κ2) is 5.89. The van der Waals surface area contributed by atoms with Gasteiger partial charge in [0.05, 0.1) is 13.3 Å². The molecule has 1 atom stereocenters. The molecule has 4 nitrogen and oxygen atoms in total. The van der Waals surface area contributed by atoms with Crippen LogP contribution in [0.1, 0.15) is 36.1 Å². The number of methoxy groups -OCH3 is 1. The lowest BCUT2D eigenvalue weighted by Crippen LogP contribution is -2.00. The van der Waals surface area contributed by atoms with Gasteiger partial charge in [-0.05, 0) is 36.6 Å². The van der Waals surface area contributed by atoms with Crippen LogP contribution >= 0.6 is 0 Å². The highest BCUT2D eigenvalue weighted by Crippen LogP contribution is 2.26. The van der Waals surface area contributed by atoms with Crippen molar-refractivity contribution >= 4 is 0 Å². The molecule has 19 heavy (non-hydrogen) atoms. The molecular formula is C15H20N2O2. The van der Waals surface area contributed by atoms with Crippen molar-refractivity contribution in [1.82, 2.24) is 9.78 Å². The van der Waals surface area contributed by atoms with E-state index in [0.717, 1.165) is 35.4 Å². The molecule has 1 unspecified atom stereocenters. The first-order chi connectivity index (χ1) is 9.15. The number of aliphatic hydroxyl groups is 1. The third-order valence-electron chi connectivity index (χ3n) is 3.16. The molecule has 0 fully saturated rings. The molecule has 1 heterocycles. The van der Waals surface area contributed by atoms with Crippen LogP contribution in [0.15, 0.2) is 30.6 Å². The van der Waals surface area contributed by atoms with Crippen LogP contribution < -0.4 is 4.74 Å². The molecule has 0 saturated heterocycles. The second-order valence-electron chi connectivity index (χ2n) is 4.67. The standard InChI is InChI=1S/C15H20N2O2/c1-4-7-17-10-13(9-16-17)15(18)12-5-6-14(19-3)11(2)8-12/h5-6,8-10,15,18H,4,7H2,1-3H3. The monoisotopic (exact) mass is 260 g/mol. The summed E-state index contributed by atoms with van der Waals surface area (Å²) >= 11 is 0. The fraction of sp³-hybridized carbons (Fsp3) is 0.400. The molecule has 1 aromatic heterocycles. The Hall–Kier alpha value is -1.81. The molecule has 0 aliphatic rings. The van der Waals surface area contributed by atoms with Crippen molar-refractivity contribution in [2.75, 3.05) is 7.11 Å². The van der Waals surface area contributed by atoms with Crippen LogP contribution in [0, 0.1) is 6.92 Å². The van der Waals surface area contributed by atoms with Gasteiger partial charge in [0.25, 0.3) is 0 Å². The van der Waals surface area contributed by atoms with Gasteiger partial charge in [0.15, 0.2) is 0 Å². The Kier molecular flexibility index (Phi) is 4.22. The number of aromatic nitrogens is 2. The lowest BCUT2D eigenvalue weighted by molar-refractivity contribution is 0.220. The van der Waals surface area contributed by atoms with E-state index in [1.807, 2.05) is 36.0 Å². The van der Waals surface area contributed by atoms with E-state index >= 15 is 0 Å². The van der Waals surface area contributed by atoms with E-state index in [1.54, 1.807) is 13.3 Å². The largest absolute Gasteiger partial charge is 0.496 e. The highest BCUT2D eigenvalue weighted by atomic mass is 16.5. The number of hydrogen-bond acceptors (Lipinski definition) is 3. The van der Waals surface area contributed by atoms with Gasteiger partial charge in [0.2, 0.25) is 0 Å². The van der Waals surface area contributed by atoms with Gasteiger partial charge in [-0.1, -0.05) is 13.0 Å². The van der Waals surface area contributed by atoms with Crippen molar-refractivity contribution in [3.8, 4) is 5.75 Å². The summed E-state index contributed by atoms with van der Waals surface area (Å²) in [5, 5.41) is 14.6. The van der Waals surface area contributed by atoms with E-state index in [0.29, 0.717) is 0 Å². The van der Waals surface area contributed by atoms with Crippen LogP contribution in [0.2, 0.25) is 0 Å². The van der Waals surface area contributed by atoms with E-state index in [9.17, 15) is 5.11 Å². The summed E-state index contributed by atoms with van der Waals surface area (Å²) in [6, 6.07) is 5.71. The smallest absolute Gasteiger partial charge is 0.121 e. The van der Waals surface area contributed by atoms with Gasteiger partial charge in [-0.25, -0.2) is 0 Å². The van der Waals surface area contributed by atoms with E-state index in [-0.39, 0.29) is 0 Å². The average Bonchev–Trinajstić information content (AvgIpc) is 2.87. The number of nitrogens with zero attached hydrogens (tertiary/aromatic N) is 2. The Balaban J connectivity index is 2.22. The van der Waals surface area contributed by atoms with Crippen LogP contribution in [-0.2, 0) is 6.54 Å². The van der Waals surface area contributed by atoms with Crippen molar-refractivity contribution in [2.24, 2.45) is 0 Å². The van der Waals surface area contributed by atoms with Crippen LogP contribution in [-0.4, -0.2) is 22.0 Å². The van der Waals surface area contributed by atoms with Crippen LogP contribution in [0.25, 0.3) is 0 Å². The number of aryl methyl sites for hydroxylation is 2. The zero-order valence-corrected chi connectivity index (χ0v) is 11.6. The summed E-state index contributed by atoms with van der Waals surface area (Å²) in [5.41, 5.74) is 2.69. The number of hydrogen-bond donors (Lipinski definition) is 1. The van der Waals surface area contributed by atoms with Crippen LogP contribution in [0.4, 0.5) is 0 Å². The lowest BCUT2D eigenvalue weighted by Gasteiger charge is -2.11. The predicted octanol–water partition coefficient (Wildman–Crippen LogP) is 2.69. The minimum absolute atomic E-state index is 0.643. The van der Waals surface area contributed by atoms with Crippen molar-refractivity contribution in [3.63, 3.8) is 0 Å². The number of ether oxygens (including phenoxy) is 1. The molecule has 0 saturated carbocycles. The lowest BCUT2D eigenvalue weighted by atomic mass is 10.0. The zero-order valence-electron chi connectivity index (χ0n) is 11.6. The second-order valence-corrected chi connectivity index (χ2v) is 4.67. The zero-order chi connectivity index (χ0) is 13.8. The molecule has 1 N–H and O–H groups in total. The first-order valence-electron chi connectivity index (χ1n) is 6.50. The molecule has 0 aliphatic carbocycles. The maximum Gasteiger partial charge on any atom is 0.121 e. The highest BCUT2D eigenvalue weighted by Gasteiger charge is 2.13. The molecule has 0 spiro atoms. The van der Waals surface area contributed by atoms with Crippen molar-refractivity contribution in [3.05, 3.63) is 47.3 Å². The van der Waals surface area contributed by atoms with Crippen molar-refractivity contribution in [1.29, 1.82) is 0 Å². The van der Waals surface area contributed by atoms with Gasteiger partial charge < -0.3 is 9.84 Å². The third-order valence-corrected chi connectivity index (χ3v) is 3.16. The molecule has 4 heteroatoms. The maximum atomic E-state index is 10.4. The Labute approximate surface area is 113 Å². The van der Waals surface area contributed by atoms with E-state index in [2.05, 4.69) is 12.0 Å². The van der Waals surface area contributed by atoms with Gasteiger partial charge in [-0.3, -0.25) is 4.68 Å². The number of benzene rings is 1. The van der Waals surface area contributed by atoms with Gasteiger partial charge in [-0.2, -0.15) is 5.10 Å². The molecule has 102 valence electrons. The molecule has 0 radical (unpaired) electrons. The Bertz CT molecular complexity index is 549. The van der Waals surface area contributed by atoms with Crippen LogP contribution in [0.5, 0.6) is 5.75 Å². The average molecular weight is 260 g/mol. The van der Waals surface area contributed by atoms with E-state index < -0.39 is 6.10 Å². The SMILES string of the molecule is CCCn1cc(C(O)c2ccc(OC)c(C)c2)cn1. The molecule has 1 aromatic carbocycles. The maximum absolute atomic E-state index is 10.4. The van der Waals surface area contributed by atoms with Gasteiger partial charge in [0, 0.05) is 18.3 Å². The summed E-state index contributed by atoms with van der Waals surface area (Å²) in [6.45, 7) is 4.94. The quantitative estimate of drug-likeness (QED) is 0.899. The number of aliphatic hydroxyl groups excluding tert-OH is 1. The summed E-state index contributed by atoms with van der Waals surface area (Å²) in [4.78, 5) is 0. The molecule has 0 aliphatic heterocycles. The van der Waals surface area contributed by atoms with Crippen LogP contribution in [0.3, 0.4) is 0 Å². The number of rotatable bonds is 5. The minimum atomic E-state index is -0.643. The summed E-state index contributed by atoms with van der Waals surface area (Å²) < 4.78 is 7.08. The van der Waals surface area contributed by atoms with Gasteiger partial charge in [0.1, 0.15) is 11.9 Å². The predicted molar refractivity (Wildman–Crippen MR) is 74.3 cm³/mol. The Morgan fingerprint density at radius 2 is 2.16 bits per heavy atom. The first kappa shape index (κ1) is 13.6. The summed E-state index contributed by atoms with van der Waals surface area (Å²) in [7, 11) is 1.65. The molecular weight excluding hydrogens is 240 g/mol. The minimum Gasteiger partial charge on any atom is -0.496 e. The highest BCUT2D eigenvalue weighted by molar-refractivity contribution is 5.39. The van der Waals surface area contributed by atoms with Gasteiger partial charge in [-0.15, -0.1) is 0 Å². The molecule has 0 bridgehead atoms. The summed E-state index contributed by atoms with van der Waals surface area (Å²) in [6.07, 6.45) is 4.00. The fourth-order valence-electron chi connectivity index (χ4n) is 2.14. The third kappa shape index (κ3) is 2.96. The van der Waals surface area contributed by atoms with E-state index in [1.165, 1.54) is 0 Å². The van der Waals surface area contributed by atoms with Gasteiger partial charge >= 0.3 is 0 Å². The normalized spacial score (nSPS) is 12.4. The Morgan fingerprint density at radius 1 is 1.37 bits per heavy atom. The summed E-state index contributed by atoms with van der Waals surface area (Å²) in [5.74, 6) is 0.831. The van der Waals surface area contributed by atoms with E-state index in [4.69, 9.17) is 4.74 Å².